The molecule has 1 fully saturated rings. The number of hydrogen-bond acceptors (Lipinski definition) is 2. The fourth-order valence-electron chi connectivity index (χ4n) is 2.67. The minimum atomic E-state index is -0.851. The molecule has 1 aromatic rings. The van der Waals surface area contributed by atoms with Gasteiger partial charge in [-0.2, -0.15) is 0 Å². The number of amides is 1. The Morgan fingerprint density at radius 1 is 1.19 bits per heavy atom. The Hall–Kier alpha value is -1.49. The molecule has 1 amide bonds. The molecule has 0 saturated heterocycles. The topological polar surface area (TPSA) is 49.3 Å². The van der Waals surface area contributed by atoms with E-state index in [1.165, 1.54) is 6.07 Å². The number of rotatable bonds is 5. The van der Waals surface area contributed by atoms with Crippen LogP contribution in [0.1, 0.15) is 44.1 Å². The maximum Gasteiger partial charge on any atom is 0.220 e. The molecular weight excluding hydrogens is 276 g/mol. The zero-order chi connectivity index (χ0) is 15.2. The highest BCUT2D eigenvalue weighted by Crippen LogP contribution is 2.18. The summed E-state index contributed by atoms with van der Waals surface area (Å²) < 4.78 is 25.8. The summed E-state index contributed by atoms with van der Waals surface area (Å²) in [6.45, 7) is 0. The van der Waals surface area contributed by atoms with Crippen LogP contribution >= 0.6 is 0 Å². The van der Waals surface area contributed by atoms with E-state index in [9.17, 15) is 18.7 Å². The van der Waals surface area contributed by atoms with Crippen LogP contribution in [0.15, 0.2) is 18.2 Å². The van der Waals surface area contributed by atoms with Gasteiger partial charge in [0.15, 0.2) is 11.6 Å². The van der Waals surface area contributed by atoms with Crippen LogP contribution in [0.2, 0.25) is 0 Å². The fraction of sp³-hybridized carbons (Fsp3) is 0.562. The third kappa shape index (κ3) is 5.08. The highest BCUT2D eigenvalue weighted by molar-refractivity contribution is 5.76. The van der Waals surface area contributed by atoms with E-state index in [1.54, 1.807) is 6.07 Å². The van der Waals surface area contributed by atoms with E-state index in [2.05, 4.69) is 5.32 Å². The van der Waals surface area contributed by atoms with Crippen LogP contribution in [-0.2, 0) is 11.2 Å². The molecule has 0 unspecified atom stereocenters. The highest BCUT2D eigenvalue weighted by atomic mass is 19.2. The average molecular weight is 297 g/mol. The lowest BCUT2D eigenvalue weighted by atomic mass is 9.93. The number of nitrogens with one attached hydrogen (secondary N) is 1. The van der Waals surface area contributed by atoms with Crippen LogP contribution in [0.25, 0.3) is 0 Å². The van der Waals surface area contributed by atoms with Crippen molar-refractivity contribution in [2.24, 2.45) is 0 Å². The summed E-state index contributed by atoms with van der Waals surface area (Å²) in [5.41, 5.74) is 0.697. The molecule has 2 rings (SSSR count). The first kappa shape index (κ1) is 15.9. The predicted molar refractivity (Wildman–Crippen MR) is 75.7 cm³/mol. The molecule has 3 nitrogen and oxygen atoms in total. The molecule has 0 bridgehead atoms. The lowest BCUT2D eigenvalue weighted by Crippen LogP contribution is -2.38. The fourth-order valence-corrected chi connectivity index (χ4v) is 2.67. The SMILES string of the molecule is O=C(CCCc1ccc(F)c(F)c1)NC1CCC(O)CC1. The summed E-state index contributed by atoms with van der Waals surface area (Å²) in [6.07, 6.45) is 4.40. The number of aliphatic hydroxyl groups is 1. The van der Waals surface area contributed by atoms with Crippen molar-refractivity contribution in [3.05, 3.63) is 35.4 Å². The summed E-state index contributed by atoms with van der Waals surface area (Å²) in [7, 11) is 0. The van der Waals surface area contributed by atoms with Crippen molar-refractivity contribution in [3.63, 3.8) is 0 Å². The summed E-state index contributed by atoms with van der Waals surface area (Å²) >= 11 is 0. The van der Waals surface area contributed by atoms with Crippen molar-refractivity contribution in [3.8, 4) is 0 Å². The molecule has 1 aromatic carbocycles. The number of hydrogen-bond donors (Lipinski definition) is 2. The standard InChI is InChI=1S/C16H21F2NO2/c17-14-9-4-11(10-15(14)18)2-1-3-16(21)19-12-5-7-13(20)8-6-12/h4,9-10,12-13,20H,1-3,5-8H2,(H,19,21). The number of carbonyl (C=O) groups is 1. The molecule has 0 aliphatic heterocycles. The largest absolute Gasteiger partial charge is 0.393 e. The second kappa shape index (κ2) is 7.50. The van der Waals surface area contributed by atoms with E-state index in [1.807, 2.05) is 0 Å². The van der Waals surface area contributed by atoms with E-state index >= 15 is 0 Å². The van der Waals surface area contributed by atoms with Crippen LogP contribution in [0.5, 0.6) is 0 Å². The van der Waals surface area contributed by atoms with Gasteiger partial charge >= 0.3 is 0 Å². The first-order valence-electron chi connectivity index (χ1n) is 7.46. The molecular formula is C16H21F2NO2. The van der Waals surface area contributed by atoms with Crippen molar-refractivity contribution in [2.45, 2.75) is 57.1 Å². The number of aryl methyl sites for hydroxylation is 1. The van der Waals surface area contributed by atoms with Gasteiger partial charge in [-0.15, -0.1) is 0 Å². The minimum Gasteiger partial charge on any atom is -0.393 e. The van der Waals surface area contributed by atoms with E-state index in [-0.39, 0.29) is 18.1 Å². The third-order valence-corrected chi connectivity index (χ3v) is 3.92. The summed E-state index contributed by atoms with van der Waals surface area (Å²) in [5, 5.41) is 12.4. The van der Waals surface area contributed by atoms with E-state index in [0.29, 0.717) is 24.8 Å². The smallest absolute Gasteiger partial charge is 0.220 e. The van der Waals surface area contributed by atoms with Gasteiger partial charge in [0, 0.05) is 12.5 Å². The molecule has 0 radical (unpaired) electrons. The van der Waals surface area contributed by atoms with Crippen LogP contribution in [-0.4, -0.2) is 23.2 Å². The number of benzene rings is 1. The van der Waals surface area contributed by atoms with Crippen molar-refractivity contribution >= 4 is 5.91 Å². The molecule has 2 N–H and O–H groups in total. The van der Waals surface area contributed by atoms with Crippen molar-refractivity contribution in [1.29, 1.82) is 0 Å². The lowest BCUT2D eigenvalue weighted by Gasteiger charge is -2.26. The van der Waals surface area contributed by atoms with Gasteiger partial charge in [0.2, 0.25) is 5.91 Å². The zero-order valence-corrected chi connectivity index (χ0v) is 11.9. The molecule has 0 spiro atoms. The summed E-state index contributed by atoms with van der Waals surface area (Å²) in [4.78, 5) is 11.8. The van der Waals surface area contributed by atoms with Gasteiger partial charge in [-0.1, -0.05) is 6.07 Å². The zero-order valence-electron chi connectivity index (χ0n) is 11.9. The second-order valence-electron chi connectivity index (χ2n) is 5.67. The van der Waals surface area contributed by atoms with Gasteiger partial charge in [-0.25, -0.2) is 8.78 Å². The summed E-state index contributed by atoms with van der Waals surface area (Å²) in [5.74, 6) is -1.72. The van der Waals surface area contributed by atoms with Gasteiger partial charge in [0.25, 0.3) is 0 Å². The number of halogens is 2. The summed E-state index contributed by atoms with van der Waals surface area (Å²) in [6, 6.07) is 3.98. The normalized spacial score (nSPS) is 22.0. The average Bonchev–Trinajstić information content (AvgIpc) is 2.45. The Bertz CT molecular complexity index is 485. The van der Waals surface area contributed by atoms with E-state index in [0.717, 1.165) is 31.7 Å². The Morgan fingerprint density at radius 3 is 2.57 bits per heavy atom. The quantitative estimate of drug-likeness (QED) is 0.878. The first-order valence-corrected chi connectivity index (χ1v) is 7.46. The van der Waals surface area contributed by atoms with E-state index in [4.69, 9.17) is 0 Å². The molecule has 116 valence electrons. The first-order chi connectivity index (χ1) is 10.0. The Morgan fingerprint density at radius 2 is 1.90 bits per heavy atom. The van der Waals surface area contributed by atoms with Crippen LogP contribution in [0, 0.1) is 11.6 Å². The monoisotopic (exact) mass is 297 g/mol. The molecule has 0 atom stereocenters. The minimum absolute atomic E-state index is 0.0148. The van der Waals surface area contributed by atoms with Gasteiger partial charge in [0.05, 0.1) is 6.10 Å². The lowest BCUT2D eigenvalue weighted by molar-refractivity contribution is -0.122. The van der Waals surface area contributed by atoms with E-state index < -0.39 is 11.6 Å². The molecule has 1 saturated carbocycles. The maximum absolute atomic E-state index is 13.0. The van der Waals surface area contributed by atoms with Crippen molar-refractivity contribution < 1.29 is 18.7 Å². The van der Waals surface area contributed by atoms with Gasteiger partial charge in [0.1, 0.15) is 0 Å². The Kier molecular flexibility index (Phi) is 5.67. The molecule has 5 heteroatoms. The number of aliphatic hydroxyl groups excluding tert-OH is 1. The molecule has 21 heavy (non-hydrogen) atoms. The van der Waals surface area contributed by atoms with Gasteiger partial charge < -0.3 is 10.4 Å². The molecule has 1 aliphatic rings. The molecule has 1 aliphatic carbocycles. The third-order valence-electron chi connectivity index (χ3n) is 3.92. The highest BCUT2D eigenvalue weighted by Gasteiger charge is 2.20. The van der Waals surface area contributed by atoms with Crippen LogP contribution in [0.4, 0.5) is 8.78 Å². The second-order valence-corrected chi connectivity index (χ2v) is 5.67. The van der Waals surface area contributed by atoms with Crippen molar-refractivity contribution in [1.82, 2.24) is 5.32 Å². The van der Waals surface area contributed by atoms with Gasteiger partial charge in [-0.3, -0.25) is 4.79 Å². The molecule has 0 aromatic heterocycles. The predicted octanol–water partition coefficient (Wildman–Crippen LogP) is 2.71. The molecule has 0 heterocycles. The van der Waals surface area contributed by atoms with Crippen LogP contribution in [0.3, 0.4) is 0 Å². The van der Waals surface area contributed by atoms with Crippen molar-refractivity contribution in [2.75, 3.05) is 0 Å². The number of carbonyl (C=O) groups excluding carboxylic acids is 1. The Balaban J connectivity index is 1.68. The van der Waals surface area contributed by atoms with Gasteiger partial charge in [-0.05, 0) is 56.2 Å². The Labute approximate surface area is 123 Å². The maximum atomic E-state index is 13.0. The van der Waals surface area contributed by atoms with Crippen LogP contribution < -0.4 is 5.32 Å².